The van der Waals surface area contributed by atoms with Gasteiger partial charge in [0.2, 0.25) is 15.9 Å². The Kier molecular flexibility index (Phi) is 4.48. The van der Waals surface area contributed by atoms with Gasteiger partial charge in [0.1, 0.15) is 10.4 Å². The Hall–Kier alpha value is -2.57. The zero-order valence-corrected chi connectivity index (χ0v) is 17.0. The van der Waals surface area contributed by atoms with Crippen LogP contribution in [0.3, 0.4) is 0 Å². The van der Waals surface area contributed by atoms with Crippen LogP contribution in [0, 0.1) is 5.92 Å². The second kappa shape index (κ2) is 7.04. The first-order valence-electron chi connectivity index (χ1n) is 9.19. The van der Waals surface area contributed by atoms with E-state index < -0.39 is 10.0 Å². The van der Waals surface area contributed by atoms with Gasteiger partial charge in [-0.3, -0.25) is 4.79 Å². The van der Waals surface area contributed by atoms with Gasteiger partial charge in [-0.15, -0.1) is 11.3 Å². The number of amides is 1. The summed E-state index contributed by atoms with van der Waals surface area (Å²) in [6.45, 7) is 3.05. The van der Waals surface area contributed by atoms with Gasteiger partial charge in [-0.05, 0) is 22.4 Å². The fourth-order valence-corrected chi connectivity index (χ4v) is 6.03. The number of sulfonamides is 1. The minimum absolute atomic E-state index is 0.0107. The zero-order valence-electron chi connectivity index (χ0n) is 15.3. The summed E-state index contributed by atoms with van der Waals surface area (Å²) >= 11 is 1.59. The molecule has 2 fully saturated rings. The van der Waals surface area contributed by atoms with Crippen LogP contribution in [0.2, 0.25) is 0 Å². The van der Waals surface area contributed by atoms with Gasteiger partial charge in [0.25, 0.3) is 0 Å². The fourth-order valence-electron chi connectivity index (χ4n) is 3.67. The molecule has 0 atom stereocenters. The largest absolute Gasteiger partial charge is 0.345 e. The topological polar surface area (TPSA) is 113 Å². The average Bonchev–Trinajstić information content (AvgIpc) is 3.38. The molecule has 2 saturated heterocycles. The predicted molar refractivity (Wildman–Crippen MR) is 105 cm³/mol. The van der Waals surface area contributed by atoms with E-state index in [-0.39, 0.29) is 35.3 Å². The van der Waals surface area contributed by atoms with Gasteiger partial charge in [0.05, 0.1) is 5.92 Å². The van der Waals surface area contributed by atoms with Crippen molar-refractivity contribution in [3.8, 4) is 0 Å². The third-order valence-electron chi connectivity index (χ3n) is 5.35. The Morgan fingerprint density at radius 1 is 1.14 bits per heavy atom. The van der Waals surface area contributed by atoms with Crippen molar-refractivity contribution in [2.45, 2.75) is 4.90 Å². The van der Waals surface area contributed by atoms with Crippen molar-refractivity contribution in [1.82, 2.24) is 24.5 Å². The number of fused-ring (bicyclic) bond motifs is 1. The minimum Gasteiger partial charge on any atom is -0.345 e. The third-order valence-corrected chi connectivity index (χ3v) is 8.04. The molecule has 0 unspecified atom stereocenters. The highest BCUT2D eigenvalue weighted by Crippen LogP contribution is 2.30. The Morgan fingerprint density at radius 3 is 2.66 bits per heavy atom. The molecule has 5 rings (SSSR count). The van der Waals surface area contributed by atoms with E-state index in [1.165, 1.54) is 10.4 Å². The van der Waals surface area contributed by atoms with Crippen LogP contribution in [0.1, 0.15) is 0 Å². The molecule has 0 radical (unpaired) electrons. The molecule has 0 spiro atoms. The van der Waals surface area contributed by atoms with Crippen molar-refractivity contribution in [1.29, 1.82) is 0 Å². The maximum Gasteiger partial charge on any atom is 0.245 e. The van der Waals surface area contributed by atoms with Crippen molar-refractivity contribution >= 4 is 43.4 Å². The summed E-state index contributed by atoms with van der Waals surface area (Å²) in [4.78, 5) is 21.1. The van der Waals surface area contributed by atoms with Crippen LogP contribution >= 0.6 is 11.3 Å². The molecule has 2 aliphatic heterocycles. The van der Waals surface area contributed by atoms with E-state index >= 15 is 0 Å². The predicted octanol–water partition coefficient (Wildman–Crippen LogP) is 0.649. The molecule has 10 nitrogen and oxygen atoms in total. The van der Waals surface area contributed by atoms with Gasteiger partial charge in [0, 0.05) is 50.8 Å². The summed E-state index contributed by atoms with van der Waals surface area (Å²) in [6.07, 6.45) is 1.77. The van der Waals surface area contributed by atoms with Crippen molar-refractivity contribution in [2.24, 2.45) is 5.92 Å². The molecule has 0 aliphatic carbocycles. The number of carbonyl (C=O) groups is 1. The second-order valence-electron chi connectivity index (χ2n) is 7.03. The summed E-state index contributed by atoms with van der Waals surface area (Å²) in [5.41, 5.74) is 0.595. The van der Waals surface area contributed by atoms with Crippen LogP contribution in [0.4, 0.5) is 5.13 Å². The molecule has 12 heteroatoms. The molecule has 0 bridgehead atoms. The van der Waals surface area contributed by atoms with E-state index in [9.17, 15) is 13.2 Å². The number of benzene rings is 1. The smallest absolute Gasteiger partial charge is 0.245 e. The standard InChI is InChI=1S/C17H18N6O4S2/c24-16(21-5-7-22(8-6-21)17-18-4-9-28-17)12-10-23(11-12)29(25,26)14-3-1-2-13-15(14)20-27-19-13/h1-4,9,12H,5-8,10-11H2. The highest BCUT2D eigenvalue weighted by Gasteiger charge is 2.43. The highest BCUT2D eigenvalue weighted by molar-refractivity contribution is 7.89. The van der Waals surface area contributed by atoms with Crippen molar-refractivity contribution in [2.75, 3.05) is 44.2 Å². The summed E-state index contributed by atoms with van der Waals surface area (Å²) in [6, 6.07) is 4.72. The minimum atomic E-state index is -3.75. The lowest BCUT2D eigenvalue weighted by Crippen LogP contribution is -2.59. The van der Waals surface area contributed by atoms with Crippen molar-refractivity contribution in [3.63, 3.8) is 0 Å². The molecule has 2 aliphatic rings. The number of piperazine rings is 1. The van der Waals surface area contributed by atoms with Gasteiger partial charge in [-0.2, -0.15) is 4.31 Å². The van der Waals surface area contributed by atoms with Crippen LogP contribution in [-0.2, 0) is 14.8 Å². The zero-order chi connectivity index (χ0) is 20.0. The average molecular weight is 435 g/mol. The van der Waals surface area contributed by atoms with E-state index in [4.69, 9.17) is 0 Å². The van der Waals surface area contributed by atoms with Gasteiger partial charge >= 0.3 is 0 Å². The lowest BCUT2D eigenvalue weighted by molar-refractivity contribution is -0.139. The summed E-state index contributed by atoms with van der Waals surface area (Å²) < 4.78 is 31.8. The summed E-state index contributed by atoms with van der Waals surface area (Å²) in [7, 11) is -3.75. The number of nitrogens with zero attached hydrogens (tertiary/aromatic N) is 6. The van der Waals surface area contributed by atoms with E-state index in [1.54, 1.807) is 29.7 Å². The Labute approximate surface area is 170 Å². The molecule has 4 heterocycles. The maximum absolute atomic E-state index is 12.9. The SMILES string of the molecule is O=C(C1CN(S(=O)(=O)c2cccc3nonc23)C1)N1CCN(c2nccs2)CC1. The molecular formula is C17H18N6O4S2. The quantitative estimate of drug-likeness (QED) is 0.588. The highest BCUT2D eigenvalue weighted by atomic mass is 32.2. The van der Waals surface area contributed by atoms with E-state index in [0.717, 1.165) is 18.2 Å². The maximum atomic E-state index is 12.9. The van der Waals surface area contributed by atoms with E-state index in [0.29, 0.717) is 18.6 Å². The Balaban J connectivity index is 1.22. The molecule has 0 saturated carbocycles. The Bertz CT molecular complexity index is 1130. The van der Waals surface area contributed by atoms with Crippen LogP contribution in [0.25, 0.3) is 11.0 Å². The number of anilines is 1. The van der Waals surface area contributed by atoms with E-state index in [1.807, 2.05) is 10.3 Å². The summed E-state index contributed by atoms with van der Waals surface area (Å²) in [5, 5.41) is 10.3. The molecule has 152 valence electrons. The van der Waals surface area contributed by atoms with Gasteiger partial charge in [0.15, 0.2) is 10.6 Å². The number of hydrogen-bond donors (Lipinski definition) is 0. The van der Waals surface area contributed by atoms with Crippen molar-refractivity contribution in [3.05, 3.63) is 29.8 Å². The number of hydrogen-bond acceptors (Lipinski definition) is 9. The normalized spacial score (nSPS) is 18.9. The fraction of sp³-hybridized carbons (Fsp3) is 0.412. The third kappa shape index (κ3) is 3.16. The summed E-state index contributed by atoms with van der Waals surface area (Å²) in [5.74, 6) is -0.303. The van der Waals surface area contributed by atoms with Crippen LogP contribution in [0.15, 0.2) is 39.3 Å². The molecule has 1 aromatic carbocycles. The van der Waals surface area contributed by atoms with Gasteiger partial charge < -0.3 is 9.80 Å². The molecule has 0 N–H and O–H groups in total. The molecule has 2 aromatic heterocycles. The van der Waals surface area contributed by atoms with E-state index in [2.05, 4.69) is 24.8 Å². The first-order chi connectivity index (χ1) is 14.0. The Morgan fingerprint density at radius 2 is 1.93 bits per heavy atom. The first-order valence-corrected chi connectivity index (χ1v) is 11.5. The van der Waals surface area contributed by atoms with Gasteiger partial charge in [-0.1, -0.05) is 6.07 Å². The van der Waals surface area contributed by atoms with Crippen LogP contribution in [0.5, 0.6) is 0 Å². The molecule has 1 amide bonds. The van der Waals surface area contributed by atoms with Crippen molar-refractivity contribution < 1.29 is 17.8 Å². The molecular weight excluding hydrogens is 416 g/mol. The first kappa shape index (κ1) is 18.5. The number of rotatable bonds is 4. The molecule has 3 aromatic rings. The number of carbonyl (C=O) groups excluding carboxylic acids is 1. The second-order valence-corrected chi connectivity index (χ2v) is 9.81. The monoisotopic (exact) mass is 434 g/mol. The lowest BCUT2D eigenvalue weighted by Gasteiger charge is -2.42. The van der Waals surface area contributed by atoms with Crippen LogP contribution < -0.4 is 4.90 Å². The number of thiazole rings is 1. The molecule has 29 heavy (non-hydrogen) atoms. The number of aromatic nitrogens is 3. The van der Waals surface area contributed by atoms with Crippen LogP contribution in [-0.4, -0.2) is 78.1 Å². The lowest BCUT2D eigenvalue weighted by atomic mass is 10.0. The van der Waals surface area contributed by atoms with Gasteiger partial charge in [-0.25, -0.2) is 18.0 Å².